The van der Waals surface area contributed by atoms with E-state index in [1.165, 1.54) is 55.2 Å². The van der Waals surface area contributed by atoms with Crippen LogP contribution in [0.15, 0.2) is 48.5 Å². The van der Waals surface area contributed by atoms with Crippen LogP contribution in [0.3, 0.4) is 0 Å². The van der Waals surface area contributed by atoms with Crippen molar-refractivity contribution in [1.82, 2.24) is 5.32 Å². The van der Waals surface area contributed by atoms with Crippen molar-refractivity contribution in [2.45, 2.75) is 65.5 Å². The predicted octanol–water partition coefficient (Wildman–Crippen LogP) is 6.45. The van der Waals surface area contributed by atoms with E-state index in [1.807, 2.05) is 6.07 Å². The van der Waals surface area contributed by atoms with Crippen molar-refractivity contribution in [1.29, 1.82) is 0 Å². The summed E-state index contributed by atoms with van der Waals surface area (Å²) < 4.78 is 6.05. The largest absolute Gasteiger partial charge is 0.489 e. The summed E-state index contributed by atoms with van der Waals surface area (Å²) in [5, 5.41) is 3.56. The first-order valence-corrected chi connectivity index (χ1v) is 9.76. The fourth-order valence-corrected chi connectivity index (χ4v) is 2.89. The number of para-hydroxylation sites is 1. The van der Waals surface area contributed by atoms with Gasteiger partial charge in [0.1, 0.15) is 12.4 Å². The number of unbranched alkanes of at least 4 members (excludes halogenated alkanes) is 5. The van der Waals surface area contributed by atoms with Gasteiger partial charge in [0.05, 0.1) is 0 Å². The van der Waals surface area contributed by atoms with Gasteiger partial charge in [-0.2, -0.15) is 0 Å². The molecule has 0 bridgehead atoms. The van der Waals surface area contributed by atoms with Crippen molar-refractivity contribution in [3.05, 3.63) is 65.2 Å². The molecular weight excluding hydrogens is 342 g/mol. The minimum absolute atomic E-state index is 0. The number of hydrogen-bond acceptors (Lipinski definition) is 2. The number of benzene rings is 2. The Morgan fingerprint density at radius 1 is 0.846 bits per heavy atom. The van der Waals surface area contributed by atoms with Crippen LogP contribution in [0.4, 0.5) is 0 Å². The molecule has 1 N–H and O–H groups in total. The Labute approximate surface area is 165 Å². The van der Waals surface area contributed by atoms with Crippen molar-refractivity contribution in [2.75, 3.05) is 6.54 Å². The lowest BCUT2D eigenvalue weighted by atomic mass is 10.1. The van der Waals surface area contributed by atoms with Gasteiger partial charge in [-0.05, 0) is 31.5 Å². The number of nitrogens with one attached hydrogen (secondary N) is 1. The normalized spacial score (nSPS) is 10.4. The van der Waals surface area contributed by atoms with Crippen LogP contribution in [0.25, 0.3) is 0 Å². The molecule has 2 nitrogen and oxygen atoms in total. The van der Waals surface area contributed by atoms with Crippen LogP contribution in [0.5, 0.6) is 5.75 Å². The lowest BCUT2D eigenvalue weighted by Gasteiger charge is -2.12. The van der Waals surface area contributed by atoms with Crippen LogP contribution >= 0.6 is 12.4 Å². The molecule has 2 rings (SSSR count). The van der Waals surface area contributed by atoms with Gasteiger partial charge in [-0.1, -0.05) is 87.1 Å². The standard InChI is InChI=1S/C23H33NO.ClH/c1-3-4-5-6-7-10-17-24-18-22-11-8-9-12-23(22)25-19-21-15-13-20(2)14-16-21;/h8-9,11-16,24H,3-7,10,17-19H2,1-2H3;1H. The van der Waals surface area contributed by atoms with Crippen LogP contribution < -0.4 is 10.1 Å². The van der Waals surface area contributed by atoms with E-state index in [9.17, 15) is 0 Å². The SMILES string of the molecule is CCCCCCCCNCc1ccccc1OCc1ccc(C)cc1.Cl. The number of ether oxygens (including phenoxy) is 1. The zero-order valence-corrected chi connectivity index (χ0v) is 17.1. The number of hydrogen-bond donors (Lipinski definition) is 1. The summed E-state index contributed by atoms with van der Waals surface area (Å²) >= 11 is 0. The van der Waals surface area contributed by atoms with E-state index in [4.69, 9.17) is 4.74 Å². The summed E-state index contributed by atoms with van der Waals surface area (Å²) in [7, 11) is 0. The smallest absolute Gasteiger partial charge is 0.124 e. The van der Waals surface area contributed by atoms with Crippen molar-refractivity contribution in [3.8, 4) is 5.75 Å². The highest BCUT2D eigenvalue weighted by atomic mass is 35.5. The molecule has 0 aliphatic carbocycles. The highest BCUT2D eigenvalue weighted by molar-refractivity contribution is 5.85. The van der Waals surface area contributed by atoms with E-state index in [0.717, 1.165) is 18.8 Å². The predicted molar refractivity (Wildman–Crippen MR) is 114 cm³/mol. The second kappa shape index (κ2) is 13.7. The monoisotopic (exact) mass is 375 g/mol. The second-order valence-electron chi connectivity index (χ2n) is 6.83. The molecular formula is C23H34ClNO. The van der Waals surface area contributed by atoms with Gasteiger partial charge in [-0.3, -0.25) is 0 Å². The van der Waals surface area contributed by atoms with Gasteiger partial charge in [-0.25, -0.2) is 0 Å². The van der Waals surface area contributed by atoms with Crippen molar-refractivity contribution < 1.29 is 4.74 Å². The molecule has 0 atom stereocenters. The minimum atomic E-state index is 0. The summed E-state index contributed by atoms with van der Waals surface area (Å²) in [5.74, 6) is 0.985. The lowest BCUT2D eigenvalue weighted by Crippen LogP contribution is -2.15. The van der Waals surface area contributed by atoms with Gasteiger partial charge in [0.15, 0.2) is 0 Å². The molecule has 0 fully saturated rings. The molecule has 2 aromatic carbocycles. The molecule has 0 aromatic heterocycles. The fourth-order valence-electron chi connectivity index (χ4n) is 2.89. The quantitative estimate of drug-likeness (QED) is 0.430. The molecule has 0 unspecified atom stereocenters. The highest BCUT2D eigenvalue weighted by Crippen LogP contribution is 2.19. The zero-order valence-electron chi connectivity index (χ0n) is 16.3. The topological polar surface area (TPSA) is 21.3 Å². The van der Waals surface area contributed by atoms with Crippen molar-refractivity contribution in [2.24, 2.45) is 0 Å². The first kappa shape index (κ1) is 22.5. The molecule has 0 heterocycles. The van der Waals surface area contributed by atoms with Crippen LogP contribution in [0.1, 0.15) is 62.1 Å². The highest BCUT2D eigenvalue weighted by Gasteiger charge is 2.03. The van der Waals surface area contributed by atoms with Crippen molar-refractivity contribution >= 4 is 12.4 Å². The molecule has 0 aliphatic heterocycles. The van der Waals surface area contributed by atoms with Gasteiger partial charge >= 0.3 is 0 Å². The average molecular weight is 376 g/mol. The molecule has 2 aromatic rings. The van der Waals surface area contributed by atoms with Crippen LogP contribution in [0, 0.1) is 6.92 Å². The van der Waals surface area contributed by atoms with E-state index in [-0.39, 0.29) is 12.4 Å². The molecule has 0 aliphatic rings. The van der Waals surface area contributed by atoms with E-state index < -0.39 is 0 Å². The number of aryl methyl sites for hydroxylation is 1. The minimum Gasteiger partial charge on any atom is -0.489 e. The number of halogens is 1. The Bertz CT molecular complexity index is 597. The summed E-state index contributed by atoms with van der Waals surface area (Å²) in [6.45, 7) is 6.95. The van der Waals surface area contributed by atoms with Gasteiger partial charge in [0, 0.05) is 12.1 Å². The molecule has 0 radical (unpaired) electrons. The van der Waals surface area contributed by atoms with Crippen LogP contribution in [-0.2, 0) is 13.2 Å². The zero-order chi connectivity index (χ0) is 17.7. The molecule has 26 heavy (non-hydrogen) atoms. The first-order valence-electron chi connectivity index (χ1n) is 9.76. The first-order chi connectivity index (χ1) is 12.3. The van der Waals surface area contributed by atoms with Crippen molar-refractivity contribution in [3.63, 3.8) is 0 Å². The molecule has 0 spiro atoms. The van der Waals surface area contributed by atoms with E-state index in [2.05, 4.69) is 61.6 Å². The molecule has 0 saturated heterocycles. The third kappa shape index (κ3) is 8.73. The van der Waals surface area contributed by atoms with Crippen LogP contribution in [0.2, 0.25) is 0 Å². The molecule has 0 amide bonds. The van der Waals surface area contributed by atoms with Gasteiger partial charge in [-0.15, -0.1) is 12.4 Å². The average Bonchev–Trinajstić information content (AvgIpc) is 2.64. The summed E-state index contributed by atoms with van der Waals surface area (Å²) in [6, 6.07) is 16.9. The third-order valence-electron chi connectivity index (χ3n) is 4.51. The van der Waals surface area contributed by atoms with Gasteiger partial charge in [0.2, 0.25) is 0 Å². The second-order valence-corrected chi connectivity index (χ2v) is 6.83. The summed E-state index contributed by atoms with van der Waals surface area (Å²) in [5.41, 5.74) is 3.73. The summed E-state index contributed by atoms with van der Waals surface area (Å²) in [6.07, 6.45) is 8.03. The van der Waals surface area contributed by atoms with Crippen LogP contribution in [-0.4, -0.2) is 6.54 Å². The third-order valence-corrected chi connectivity index (χ3v) is 4.51. The van der Waals surface area contributed by atoms with E-state index in [0.29, 0.717) is 6.61 Å². The van der Waals surface area contributed by atoms with E-state index in [1.54, 1.807) is 0 Å². The lowest BCUT2D eigenvalue weighted by molar-refractivity contribution is 0.302. The Morgan fingerprint density at radius 2 is 1.54 bits per heavy atom. The maximum atomic E-state index is 6.05. The maximum Gasteiger partial charge on any atom is 0.124 e. The Balaban J connectivity index is 0.00000338. The summed E-state index contributed by atoms with van der Waals surface area (Å²) in [4.78, 5) is 0. The van der Waals surface area contributed by atoms with Gasteiger partial charge < -0.3 is 10.1 Å². The fraction of sp³-hybridized carbons (Fsp3) is 0.478. The number of rotatable bonds is 12. The molecule has 3 heteroatoms. The van der Waals surface area contributed by atoms with E-state index >= 15 is 0 Å². The Morgan fingerprint density at radius 3 is 2.31 bits per heavy atom. The van der Waals surface area contributed by atoms with Gasteiger partial charge in [0.25, 0.3) is 0 Å². The molecule has 0 saturated carbocycles. The Hall–Kier alpha value is -1.51. The maximum absolute atomic E-state index is 6.05. The molecule has 144 valence electrons. The Kier molecular flexibility index (Phi) is 11.8.